The van der Waals surface area contributed by atoms with Gasteiger partial charge >= 0.3 is 0 Å². The molecule has 0 unspecified atom stereocenters. The fraction of sp³-hybridized carbons (Fsp3) is 0. The van der Waals surface area contributed by atoms with E-state index in [-0.39, 0.29) is 37.7 Å². The quantitative estimate of drug-likeness (QED) is 0.627. The fourth-order valence-corrected chi connectivity index (χ4v) is 0.982. The van der Waals surface area contributed by atoms with Gasteiger partial charge in [0.05, 0.1) is 0 Å². The number of aromatic nitrogens is 2. The smallest absolute Gasteiger partial charge is 0.139 e. The number of fused-ring (bicyclic) bond motifs is 1. The molecule has 0 fully saturated rings. The van der Waals surface area contributed by atoms with Crippen LogP contribution in [0.5, 0.6) is 0 Å². The predicted octanol–water partition coefficient (Wildman–Crippen LogP) is 1.15. The van der Waals surface area contributed by atoms with Gasteiger partial charge in [0.25, 0.3) is 0 Å². The van der Waals surface area contributed by atoms with E-state index < -0.39 is 0 Å². The van der Waals surface area contributed by atoms with Crippen molar-refractivity contribution < 1.29 is 37.7 Å². The first kappa shape index (κ1) is 8.84. The topological polar surface area (TPSA) is 54.7 Å². The Morgan fingerprint density at radius 1 is 1.36 bits per heavy atom. The van der Waals surface area contributed by atoms with Crippen molar-refractivity contribution in [2.24, 2.45) is 0 Å². The van der Waals surface area contributed by atoms with Gasteiger partial charge in [-0.1, -0.05) is 0 Å². The van der Waals surface area contributed by atoms with Crippen LogP contribution in [0.4, 0.5) is 5.69 Å². The van der Waals surface area contributed by atoms with Crippen LogP contribution < -0.4 is 5.73 Å². The van der Waals surface area contributed by atoms with Crippen LogP contribution in [0, 0.1) is 37.7 Å². The van der Waals surface area contributed by atoms with E-state index in [4.69, 9.17) is 5.73 Å². The van der Waals surface area contributed by atoms with E-state index in [9.17, 15) is 0 Å². The summed E-state index contributed by atoms with van der Waals surface area (Å²) in [4.78, 5) is 7.04. The average molecular weight is 173 g/mol. The molecular formula is C7H7ArN3. The van der Waals surface area contributed by atoms with Gasteiger partial charge in [0, 0.05) is 61.2 Å². The first-order chi connectivity index (χ1) is 4.88. The minimum atomic E-state index is 0. The zero-order chi connectivity index (χ0) is 6.97. The van der Waals surface area contributed by atoms with Crippen molar-refractivity contribution in [3.05, 3.63) is 24.5 Å². The van der Waals surface area contributed by atoms with E-state index in [1.54, 1.807) is 12.3 Å². The summed E-state index contributed by atoms with van der Waals surface area (Å²) >= 11 is 0. The third-order valence-corrected chi connectivity index (χ3v) is 1.49. The molecule has 0 aliphatic heterocycles. The maximum atomic E-state index is 5.64. The minimum Gasteiger partial charge on any atom is -0.398 e. The summed E-state index contributed by atoms with van der Waals surface area (Å²) < 4.78 is 0. The minimum absolute atomic E-state index is 0. The van der Waals surface area contributed by atoms with E-state index in [0.29, 0.717) is 0 Å². The summed E-state index contributed by atoms with van der Waals surface area (Å²) in [5, 5.41) is 0.988. The Morgan fingerprint density at radius 2 is 2.18 bits per heavy atom. The van der Waals surface area contributed by atoms with Gasteiger partial charge in [-0.2, -0.15) is 0 Å². The van der Waals surface area contributed by atoms with Gasteiger partial charge in [-0.3, -0.25) is 0 Å². The Bertz CT molecular complexity index is 355. The third kappa shape index (κ3) is 1.50. The first-order valence-corrected chi connectivity index (χ1v) is 3.05. The van der Waals surface area contributed by atoms with Gasteiger partial charge in [0.15, 0.2) is 0 Å². The molecule has 3 nitrogen and oxygen atoms in total. The number of pyridine rings is 1. The van der Waals surface area contributed by atoms with Gasteiger partial charge in [0.1, 0.15) is 5.65 Å². The van der Waals surface area contributed by atoms with Gasteiger partial charge < -0.3 is 10.7 Å². The molecule has 58 valence electrons. The summed E-state index contributed by atoms with van der Waals surface area (Å²) in [7, 11) is 0. The van der Waals surface area contributed by atoms with Crippen molar-refractivity contribution in [3.8, 4) is 0 Å². The first-order valence-electron chi connectivity index (χ1n) is 3.05. The molecule has 2 heterocycles. The number of nitrogens with two attached hydrogens (primary N) is 1. The molecule has 0 atom stereocenters. The van der Waals surface area contributed by atoms with Gasteiger partial charge in [-0.05, 0) is 12.1 Å². The number of anilines is 1. The standard InChI is InChI=1S/C7H7N3.Ar/c8-6-2-4-10-7-5(6)1-3-9-7;/h1-4H,(H3,8,9,10);. The van der Waals surface area contributed by atoms with Crippen LogP contribution in [0.1, 0.15) is 0 Å². The van der Waals surface area contributed by atoms with Gasteiger partial charge in [0.2, 0.25) is 0 Å². The molecule has 0 aliphatic carbocycles. The number of hydrogen-bond acceptors (Lipinski definition) is 2. The number of aromatic amines is 1. The Kier molecular flexibility index (Phi) is 2.76. The fourth-order valence-electron chi connectivity index (χ4n) is 0.982. The molecule has 0 aliphatic rings. The average Bonchev–Trinajstić information content (AvgIpc) is 2.36. The molecular weight excluding hydrogens is 166 g/mol. The number of nitrogen functional groups attached to an aromatic ring is 1. The SMILES string of the molecule is Nc1ccnc2[nH]ccc12.[Ar]. The van der Waals surface area contributed by atoms with E-state index in [2.05, 4.69) is 9.97 Å². The molecule has 2 aromatic heterocycles. The summed E-state index contributed by atoms with van der Waals surface area (Å²) in [6.07, 6.45) is 3.52. The zero-order valence-corrected chi connectivity index (χ0v) is 6.39. The van der Waals surface area contributed by atoms with Crippen LogP contribution in [0.3, 0.4) is 0 Å². The molecule has 0 aromatic carbocycles. The molecule has 0 radical (unpaired) electrons. The van der Waals surface area contributed by atoms with Gasteiger partial charge in [-0.25, -0.2) is 4.98 Å². The number of rotatable bonds is 0. The van der Waals surface area contributed by atoms with Crippen molar-refractivity contribution >= 4 is 16.7 Å². The van der Waals surface area contributed by atoms with Crippen LogP contribution in [0.2, 0.25) is 0 Å². The molecule has 0 amide bonds. The normalized spacial score (nSPS) is 9.45. The molecule has 0 saturated carbocycles. The van der Waals surface area contributed by atoms with Crippen molar-refractivity contribution in [2.75, 3.05) is 5.73 Å². The van der Waals surface area contributed by atoms with Crippen LogP contribution in [-0.4, -0.2) is 9.97 Å². The number of hydrogen-bond donors (Lipinski definition) is 2. The third-order valence-electron chi connectivity index (χ3n) is 1.49. The number of nitrogens with zero attached hydrogens (tertiary/aromatic N) is 1. The molecule has 0 bridgehead atoms. The predicted molar refractivity (Wildman–Crippen MR) is 40.5 cm³/mol. The van der Waals surface area contributed by atoms with E-state index in [1.807, 2.05) is 12.3 Å². The Morgan fingerprint density at radius 3 is 2.91 bits per heavy atom. The molecule has 11 heavy (non-hydrogen) atoms. The Balaban J connectivity index is 0.000000605. The van der Waals surface area contributed by atoms with E-state index >= 15 is 0 Å². The molecule has 0 spiro atoms. The van der Waals surface area contributed by atoms with Crippen LogP contribution >= 0.6 is 0 Å². The second kappa shape index (κ2) is 3.43. The van der Waals surface area contributed by atoms with Crippen LogP contribution in [-0.2, 0) is 0 Å². The second-order valence-electron chi connectivity index (χ2n) is 2.14. The van der Waals surface area contributed by atoms with Crippen LogP contribution in [0.25, 0.3) is 11.0 Å². The Hall–Kier alpha value is -0.250. The van der Waals surface area contributed by atoms with Crippen molar-refractivity contribution in [3.63, 3.8) is 0 Å². The molecule has 2 rings (SSSR count). The monoisotopic (exact) mass is 173 g/mol. The second-order valence-corrected chi connectivity index (χ2v) is 2.14. The number of H-pyrrole nitrogens is 1. The maximum Gasteiger partial charge on any atom is 0.139 e. The maximum absolute atomic E-state index is 5.64. The van der Waals surface area contributed by atoms with Crippen LogP contribution in [0.15, 0.2) is 24.5 Å². The Labute approximate surface area is 94.0 Å². The zero-order valence-electron chi connectivity index (χ0n) is 5.69. The molecule has 2 aromatic rings. The molecule has 3 N–H and O–H groups in total. The largest absolute Gasteiger partial charge is 0.398 e. The van der Waals surface area contributed by atoms with E-state index in [0.717, 1.165) is 16.7 Å². The van der Waals surface area contributed by atoms with E-state index in [1.165, 1.54) is 0 Å². The summed E-state index contributed by atoms with van der Waals surface area (Å²) in [5.74, 6) is 0. The summed E-state index contributed by atoms with van der Waals surface area (Å²) in [6, 6.07) is 3.70. The summed E-state index contributed by atoms with van der Waals surface area (Å²) in [5.41, 5.74) is 7.26. The number of nitrogens with one attached hydrogen (secondary N) is 1. The van der Waals surface area contributed by atoms with Crippen molar-refractivity contribution in [1.29, 1.82) is 0 Å². The van der Waals surface area contributed by atoms with Crippen molar-refractivity contribution in [2.45, 2.75) is 0 Å². The molecule has 4 heteroatoms. The molecule has 0 saturated heterocycles. The summed E-state index contributed by atoms with van der Waals surface area (Å²) in [6.45, 7) is 0. The van der Waals surface area contributed by atoms with Gasteiger partial charge in [-0.15, -0.1) is 0 Å². The van der Waals surface area contributed by atoms with Crippen molar-refractivity contribution in [1.82, 2.24) is 9.97 Å².